The second-order valence-electron chi connectivity index (χ2n) is 5.60. The van der Waals surface area contributed by atoms with E-state index >= 15 is 0 Å². The van der Waals surface area contributed by atoms with Gasteiger partial charge in [-0.15, -0.1) is 0 Å². The number of carbonyl (C=O) groups excluding carboxylic acids is 1. The number of amides is 1. The van der Waals surface area contributed by atoms with Crippen molar-refractivity contribution in [1.29, 1.82) is 0 Å². The minimum atomic E-state index is -3.99. The van der Waals surface area contributed by atoms with Gasteiger partial charge in [0.15, 0.2) is 17.5 Å². The Balaban J connectivity index is 2.17. The van der Waals surface area contributed by atoms with Gasteiger partial charge in [0.2, 0.25) is 10.0 Å². The lowest BCUT2D eigenvalue weighted by Crippen LogP contribution is -2.39. The Morgan fingerprint density at radius 2 is 1.73 bits per heavy atom. The van der Waals surface area contributed by atoms with Gasteiger partial charge in [0.05, 0.1) is 18.5 Å². The van der Waals surface area contributed by atoms with E-state index in [0.29, 0.717) is 15.9 Å². The van der Waals surface area contributed by atoms with Crippen LogP contribution in [0.3, 0.4) is 0 Å². The summed E-state index contributed by atoms with van der Waals surface area (Å²) in [6.45, 7) is 1.24. The molecule has 0 aromatic heterocycles. The summed E-state index contributed by atoms with van der Waals surface area (Å²) in [5.74, 6) is -5.23. The van der Waals surface area contributed by atoms with E-state index in [0.717, 1.165) is 17.9 Å². The van der Waals surface area contributed by atoms with Gasteiger partial charge in [-0.05, 0) is 30.7 Å². The van der Waals surface area contributed by atoms with Crippen molar-refractivity contribution in [2.75, 3.05) is 23.7 Å². The molecule has 9 heteroatoms. The van der Waals surface area contributed by atoms with Gasteiger partial charge < -0.3 is 5.32 Å². The summed E-state index contributed by atoms with van der Waals surface area (Å²) >= 11 is 0. The number of rotatable bonds is 6. The summed E-state index contributed by atoms with van der Waals surface area (Å²) in [4.78, 5) is 12.1. The molecule has 5 nitrogen and oxygen atoms in total. The molecule has 0 fully saturated rings. The van der Waals surface area contributed by atoms with E-state index in [1.54, 1.807) is 31.2 Å². The van der Waals surface area contributed by atoms with Crippen LogP contribution in [0.15, 0.2) is 36.4 Å². The molecule has 0 spiro atoms. The van der Waals surface area contributed by atoms with E-state index in [4.69, 9.17) is 0 Å². The van der Waals surface area contributed by atoms with Crippen LogP contribution >= 0.6 is 0 Å². The molecule has 0 saturated carbocycles. The number of carbonyl (C=O) groups is 1. The maximum Gasteiger partial charge on any atom is 0.251 e. The van der Waals surface area contributed by atoms with Crippen LogP contribution in [0.5, 0.6) is 0 Å². The summed E-state index contributed by atoms with van der Waals surface area (Å²) in [7, 11) is -3.99. The van der Waals surface area contributed by atoms with E-state index in [1.807, 2.05) is 0 Å². The van der Waals surface area contributed by atoms with Gasteiger partial charge in [0.25, 0.3) is 5.91 Å². The van der Waals surface area contributed by atoms with Gasteiger partial charge in [-0.2, -0.15) is 0 Å². The molecule has 0 aliphatic carbocycles. The van der Waals surface area contributed by atoms with Crippen LogP contribution in [0.25, 0.3) is 0 Å². The summed E-state index contributed by atoms with van der Waals surface area (Å²) < 4.78 is 64.8. The van der Waals surface area contributed by atoms with Crippen LogP contribution in [0, 0.1) is 24.4 Å². The first-order chi connectivity index (χ1) is 12.1. The highest BCUT2D eigenvalue weighted by atomic mass is 32.2. The van der Waals surface area contributed by atoms with Crippen LogP contribution in [0.1, 0.15) is 15.9 Å². The van der Waals surface area contributed by atoms with Gasteiger partial charge in [-0.1, -0.05) is 18.2 Å². The smallest absolute Gasteiger partial charge is 0.251 e. The van der Waals surface area contributed by atoms with E-state index in [2.05, 4.69) is 5.32 Å². The standard InChI is InChI=1S/C17H17F3N2O3S/c1-11-5-3-4-6-12(11)17(23)21-9-10-22(26(2,24)25)14-8-7-13(18)15(19)16(14)20/h3-8H,9-10H2,1-2H3,(H,21,23). The fourth-order valence-corrected chi connectivity index (χ4v) is 3.29. The van der Waals surface area contributed by atoms with E-state index in [9.17, 15) is 26.4 Å². The molecule has 1 amide bonds. The molecule has 0 unspecified atom stereocenters. The SMILES string of the molecule is Cc1ccccc1C(=O)NCCN(c1ccc(F)c(F)c1F)S(C)(=O)=O. The van der Waals surface area contributed by atoms with Gasteiger partial charge in [0, 0.05) is 12.1 Å². The van der Waals surface area contributed by atoms with Crippen molar-refractivity contribution < 1.29 is 26.4 Å². The number of anilines is 1. The van der Waals surface area contributed by atoms with Gasteiger partial charge >= 0.3 is 0 Å². The maximum atomic E-state index is 13.9. The predicted molar refractivity (Wildman–Crippen MR) is 92.0 cm³/mol. The van der Waals surface area contributed by atoms with Gasteiger partial charge in [-0.3, -0.25) is 9.10 Å². The number of hydrogen-bond donors (Lipinski definition) is 1. The average Bonchev–Trinajstić information content (AvgIpc) is 2.57. The fourth-order valence-electron chi connectivity index (χ4n) is 2.37. The normalized spacial score (nSPS) is 11.3. The minimum Gasteiger partial charge on any atom is -0.350 e. The van der Waals surface area contributed by atoms with Crippen LogP contribution < -0.4 is 9.62 Å². The number of nitrogens with one attached hydrogen (secondary N) is 1. The summed E-state index contributed by atoms with van der Waals surface area (Å²) in [6, 6.07) is 8.27. The third kappa shape index (κ3) is 4.34. The molecule has 2 aromatic rings. The lowest BCUT2D eigenvalue weighted by Gasteiger charge is -2.23. The Kier molecular flexibility index (Phi) is 5.91. The van der Waals surface area contributed by atoms with Crippen LogP contribution in [-0.4, -0.2) is 33.7 Å². The topological polar surface area (TPSA) is 66.5 Å². The molecule has 0 aliphatic heterocycles. The van der Waals surface area contributed by atoms with Crippen LogP contribution in [-0.2, 0) is 10.0 Å². The number of benzene rings is 2. The van der Waals surface area contributed by atoms with Crippen molar-refractivity contribution in [3.8, 4) is 0 Å². The monoisotopic (exact) mass is 386 g/mol. The summed E-state index contributed by atoms with van der Waals surface area (Å²) in [5, 5.41) is 2.52. The number of hydrogen-bond acceptors (Lipinski definition) is 3. The Morgan fingerprint density at radius 3 is 2.35 bits per heavy atom. The largest absolute Gasteiger partial charge is 0.350 e. The number of sulfonamides is 1. The lowest BCUT2D eigenvalue weighted by atomic mass is 10.1. The molecule has 1 N–H and O–H groups in total. The summed E-state index contributed by atoms with van der Waals surface area (Å²) in [6.07, 6.45) is 0.802. The first-order valence-corrected chi connectivity index (χ1v) is 9.42. The van der Waals surface area contributed by atoms with Crippen molar-refractivity contribution in [3.63, 3.8) is 0 Å². The molecule has 2 rings (SSSR count). The maximum absolute atomic E-state index is 13.9. The van der Waals surface area contributed by atoms with Crippen molar-refractivity contribution in [1.82, 2.24) is 5.32 Å². The first-order valence-electron chi connectivity index (χ1n) is 7.58. The molecule has 0 saturated heterocycles. The molecular weight excluding hydrogens is 369 g/mol. The first kappa shape index (κ1) is 19.8. The number of nitrogens with zero attached hydrogens (tertiary/aromatic N) is 1. The van der Waals surface area contributed by atoms with Gasteiger partial charge in [-0.25, -0.2) is 21.6 Å². The number of aryl methyl sites for hydroxylation is 1. The second-order valence-corrected chi connectivity index (χ2v) is 7.51. The second kappa shape index (κ2) is 7.77. The third-order valence-corrected chi connectivity index (χ3v) is 4.85. The average molecular weight is 386 g/mol. The predicted octanol–water partition coefficient (Wildman–Crippen LogP) is 2.61. The van der Waals surface area contributed by atoms with Gasteiger partial charge in [0.1, 0.15) is 0 Å². The zero-order valence-corrected chi connectivity index (χ0v) is 14.9. The van der Waals surface area contributed by atoms with E-state index < -0.39 is 39.1 Å². The molecule has 26 heavy (non-hydrogen) atoms. The Labute approximate surface area is 149 Å². The zero-order valence-electron chi connectivity index (χ0n) is 14.1. The molecule has 0 aliphatic rings. The molecule has 0 heterocycles. The minimum absolute atomic E-state index is 0.154. The van der Waals surface area contributed by atoms with Crippen LogP contribution in [0.2, 0.25) is 0 Å². The van der Waals surface area contributed by atoms with Crippen molar-refractivity contribution in [2.45, 2.75) is 6.92 Å². The Morgan fingerprint density at radius 1 is 1.08 bits per heavy atom. The highest BCUT2D eigenvalue weighted by molar-refractivity contribution is 7.92. The number of halogens is 3. The molecular formula is C17H17F3N2O3S. The Bertz CT molecular complexity index is 933. The van der Waals surface area contributed by atoms with Crippen molar-refractivity contribution in [3.05, 3.63) is 65.0 Å². The molecule has 0 bridgehead atoms. The highest BCUT2D eigenvalue weighted by Crippen LogP contribution is 2.25. The highest BCUT2D eigenvalue weighted by Gasteiger charge is 2.24. The third-order valence-electron chi connectivity index (χ3n) is 3.67. The van der Waals surface area contributed by atoms with Crippen molar-refractivity contribution >= 4 is 21.6 Å². The van der Waals surface area contributed by atoms with Crippen molar-refractivity contribution in [2.24, 2.45) is 0 Å². The molecule has 0 radical (unpaired) electrons. The zero-order chi connectivity index (χ0) is 19.5. The molecule has 2 aromatic carbocycles. The Hall–Kier alpha value is -2.55. The molecule has 0 atom stereocenters. The van der Waals surface area contributed by atoms with E-state index in [-0.39, 0.29) is 13.1 Å². The summed E-state index contributed by atoms with van der Waals surface area (Å²) in [5.41, 5.74) is 0.519. The fraction of sp³-hybridized carbons (Fsp3) is 0.235. The van der Waals surface area contributed by atoms with Crippen LogP contribution in [0.4, 0.5) is 18.9 Å². The quantitative estimate of drug-likeness (QED) is 0.776. The lowest BCUT2D eigenvalue weighted by molar-refractivity contribution is 0.0954. The molecule has 140 valence electrons. The van der Waals surface area contributed by atoms with E-state index in [1.165, 1.54) is 0 Å².